The summed E-state index contributed by atoms with van der Waals surface area (Å²) in [6.07, 6.45) is 0. The lowest BCUT2D eigenvalue weighted by molar-refractivity contribution is 0.306. The second kappa shape index (κ2) is 6.97. The Morgan fingerprint density at radius 3 is 2.30 bits per heavy atom. The summed E-state index contributed by atoms with van der Waals surface area (Å²) < 4.78 is 83.2. The number of para-hydroxylation sites is 1. The van der Waals surface area contributed by atoms with Crippen LogP contribution in [0.1, 0.15) is 0 Å². The number of halogens is 4. The summed E-state index contributed by atoms with van der Waals surface area (Å²) in [6, 6.07) is 6.60. The average Bonchev–Trinajstić information content (AvgIpc) is 2.50. The third-order valence-corrected chi connectivity index (χ3v) is 4.26. The molecule has 124 valence electrons. The van der Waals surface area contributed by atoms with Crippen LogP contribution < -0.4 is 9.46 Å². The molecule has 0 radical (unpaired) electrons. The van der Waals surface area contributed by atoms with Crippen molar-refractivity contribution >= 4 is 10.0 Å². The van der Waals surface area contributed by atoms with Gasteiger partial charge in [-0.1, -0.05) is 12.1 Å². The van der Waals surface area contributed by atoms with E-state index >= 15 is 0 Å². The van der Waals surface area contributed by atoms with Crippen LogP contribution in [0.25, 0.3) is 0 Å². The normalized spacial score (nSPS) is 11.5. The SMILES string of the molecule is O=S(=O)(NCCOc1ccccc1F)c1ccc(F)c(F)c1F. The molecule has 0 aliphatic carbocycles. The molecule has 0 aromatic heterocycles. The van der Waals surface area contributed by atoms with E-state index in [0.717, 1.165) is 6.07 Å². The van der Waals surface area contributed by atoms with Gasteiger partial charge in [0.05, 0.1) is 0 Å². The number of sulfonamides is 1. The monoisotopic (exact) mass is 349 g/mol. The van der Waals surface area contributed by atoms with Crippen LogP contribution in [0.2, 0.25) is 0 Å². The Bertz CT molecular complexity index is 812. The number of nitrogens with one attached hydrogen (secondary N) is 1. The maximum absolute atomic E-state index is 13.5. The summed E-state index contributed by atoms with van der Waals surface area (Å²) >= 11 is 0. The average molecular weight is 349 g/mol. The lowest BCUT2D eigenvalue weighted by atomic mass is 10.3. The number of benzene rings is 2. The van der Waals surface area contributed by atoms with Crippen LogP contribution in [0.3, 0.4) is 0 Å². The molecule has 1 N–H and O–H groups in total. The Hall–Kier alpha value is -2.13. The zero-order valence-corrected chi connectivity index (χ0v) is 12.3. The Kier molecular flexibility index (Phi) is 5.22. The first kappa shape index (κ1) is 17.2. The number of rotatable bonds is 6. The predicted molar refractivity (Wildman–Crippen MR) is 73.4 cm³/mol. The van der Waals surface area contributed by atoms with E-state index in [0.29, 0.717) is 12.1 Å². The molecule has 23 heavy (non-hydrogen) atoms. The Balaban J connectivity index is 2.00. The van der Waals surface area contributed by atoms with E-state index < -0.39 is 38.2 Å². The van der Waals surface area contributed by atoms with Gasteiger partial charge in [-0.25, -0.2) is 30.7 Å². The van der Waals surface area contributed by atoms with Gasteiger partial charge in [0.25, 0.3) is 0 Å². The third kappa shape index (κ3) is 3.99. The van der Waals surface area contributed by atoms with Crippen LogP contribution in [0, 0.1) is 23.3 Å². The lowest BCUT2D eigenvalue weighted by Gasteiger charge is -2.10. The van der Waals surface area contributed by atoms with Crippen LogP contribution in [0.5, 0.6) is 5.75 Å². The van der Waals surface area contributed by atoms with Crippen molar-refractivity contribution < 1.29 is 30.7 Å². The van der Waals surface area contributed by atoms with Crippen molar-refractivity contribution in [1.29, 1.82) is 0 Å². The van der Waals surface area contributed by atoms with E-state index in [4.69, 9.17) is 4.74 Å². The second-order valence-electron chi connectivity index (χ2n) is 4.35. The van der Waals surface area contributed by atoms with E-state index in [-0.39, 0.29) is 18.9 Å². The highest BCUT2D eigenvalue weighted by Gasteiger charge is 2.23. The van der Waals surface area contributed by atoms with Gasteiger partial charge in [-0.15, -0.1) is 0 Å². The molecule has 0 atom stereocenters. The van der Waals surface area contributed by atoms with Crippen molar-refractivity contribution in [2.24, 2.45) is 0 Å². The smallest absolute Gasteiger partial charge is 0.243 e. The van der Waals surface area contributed by atoms with Crippen molar-refractivity contribution in [1.82, 2.24) is 4.72 Å². The summed E-state index contributed by atoms with van der Waals surface area (Å²) in [5.41, 5.74) is 0. The molecular formula is C14H11F4NO3S. The quantitative estimate of drug-likeness (QED) is 0.496. The molecule has 0 saturated heterocycles. The van der Waals surface area contributed by atoms with Crippen molar-refractivity contribution in [2.75, 3.05) is 13.2 Å². The molecule has 4 nitrogen and oxygen atoms in total. The molecule has 0 bridgehead atoms. The highest BCUT2D eigenvalue weighted by molar-refractivity contribution is 7.89. The highest BCUT2D eigenvalue weighted by Crippen LogP contribution is 2.19. The summed E-state index contributed by atoms with van der Waals surface area (Å²) in [7, 11) is -4.40. The zero-order valence-electron chi connectivity index (χ0n) is 11.5. The van der Waals surface area contributed by atoms with E-state index in [1.165, 1.54) is 18.2 Å². The molecule has 2 rings (SSSR count). The molecule has 2 aromatic rings. The van der Waals surface area contributed by atoms with Gasteiger partial charge in [-0.3, -0.25) is 0 Å². The van der Waals surface area contributed by atoms with Crippen molar-refractivity contribution in [2.45, 2.75) is 4.90 Å². The third-order valence-electron chi connectivity index (χ3n) is 2.78. The van der Waals surface area contributed by atoms with Gasteiger partial charge in [0, 0.05) is 6.54 Å². The minimum Gasteiger partial charge on any atom is -0.489 e. The van der Waals surface area contributed by atoms with Crippen LogP contribution in [-0.4, -0.2) is 21.6 Å². The van der Waals surface area contributed by atoms with Gasteiger partial charge < -0.3 is 4.74 Å². The molecule has 0 heterocycles. The van der Waals surface area contributed by atoms with Gasteiger partial charge in [0.15, 0.2) is 29.0 Å². The minimum atomic E-state index is -4.40. The van der Waals surface area contributed by atoms with Gasteiger partial charge in [-0.05, 0) is 24.3 Å². The molecular weight excluding hydrogens is 338 g/mol. The van der Waals surface area contributed by atoms with Crippen molar-refractivity contribution in [3.05, 3.63) is 59.7 Å². The van der Waals surface area contributed by atoms with Crippen LogP contribution in [0.4, 0.5) is 17.6 Å². The number of ether oxygens (including phenoxy) is 1. The van der Waals surface area contributed by atoms with Crippen LogP contribution in [0.15, 0.2) is 41.3 Å². The molecule has 9 heteroatoms. The fourth-order valence-corrected chi connectivity index (χ4v) is 2.77. The molecule has 0 saturated carbocycles. The van der Waals surface area contributed by atoms with Crippen LogP contribution in [-0.2, 0) is 10.0 Å². The largest absolute Gasteiger partial charge is 0.489 e. The highest BCUT2D eigenvalue weighted by atomic mass is 32.2. The first-order chi connectivity index (χ1) is 10.8. The fraction of sp³-hybridized carbons (Fsp3) is 0.143. The predicted octanol–water partition coefficient (Wildman–Crippen LogP) is 2.60. The molecule has 0 unspecified atom stereocenters. The number of hydrogen-bond donors (Lipinski definition) is 1. The first-order valence-corrected chi connectivity index (χ1v) is 7.82. The summed E-state index contributed by atoms with van der Waals surface area (Å²) in [6.45, 7) is -0.569. The van der Waals surface area contributed by atoms with E-state index in [1.54, 1.807) is 0 Å². The fourth-order valence-electron chi connectivity index (χ4n) is 1.69. The topological polar surface area (TPSA) is 55.4 Å². The molecule has 2 aromatic carbocycles. The molecule has 0 amide bonds. The van der Waals surface area contributed by atoms with Gasteiger partial charge in [0.1, 0.15) is 11.5 Å². The van der Waals surface area contributed by atoms with Gasteiger partial charge in [-0.2, -0.15) is 0 Å². The van der Waals surface area contributed by atoms with Crippen LogP contribution >= 0.6 is 0 Å². The van der Waals surface area contributed by atoms with E-state index in [1.807, 2.05) is 4.72 Å². The Morgan fingerprint density at radius 1 is 0.913 bits per heavy atom. The van der Waals surface area contributed by atoms with E-state index in [2.05, 4.69) is 0 Å². The van der Waals surface area contributed by atoms with Crippen molar-refractivity contribution in [3.63, 3.8) is 0 Å². The maximum Gasteiger partial charge on any atom is 0.243 e. The van der Waals surface area contributed by atoms with E-state index in [9.17, 15) is 26.0 Å². The minimum absolute atomic E-state index is 0.0781. The molecule has 0 fully saturated rings. The lowest BCUT2D eigenvalue weighted by Crippen LogP contribution is -2.29. The molecule has 0 aliphatic rings. The maximum atomic E-state index is 13.5. The summed E-state index contributed by atoms with van der Waals surface area (Å²) in [5.74, 6) is -5.89. The summed E-state index contributed by atoms with van der Waals surface area (Å²) in [4.78, 5) is -1.03. The second-order valence-corrected chi connectivity index (χ2v) is 6.09. The van der Waals surface area contributed by atoms with Gasteiger partial charge in [0.2, 0.25) is 10.0 Å². The Morgan fingerprint density at radius 2 is 1.61 bits per heavy atom. The van der Waals surface area contributed by atoms with Gasteiger partial charge >= 0.3 is 0 Å². The van der Waals surface area contributed by atoms with Crippen molar-refractivity contribution in [3.8, 4) is 5.75 Å². The molecule has 0 aliphatic heterocycles. The number of hydrogen-bond acceptors (Lipinski definition) is 3. The summed E-state index contributed by atoms with van der Waals surface area (Å²) in [5, 5.41) is 0. The first-order valence-electron chi connectivity index (χ1n) is 6.33. The molecule has 0 spiro atoms. The standard InChI is InChI=1S/C14H11F4NO3S/c15-9-3-1-2-4-11(9)22-8-7-19-23(20,21)12-6-5-10(16)13(17)14(12)18/h1-6,19H,7-8H2. The zero-order chi connectivity index (χ0) is 17.0. The Labute approximate surface area is 129 Å².